The van der Waals surface area contributed by atoms with E-state index in [1.807, 2.05) is 6.07 Å². The average Bonchev–Trinajstić information content (AvgIpc) is 2.31. The molecule has 0 fully saturated rings. The first-order valence-corrected chi connectivity index (χ1v) is 5.63. The van der Waals surface area contributed by atoms with Gasteiger partial charge in [-0.2, -0.15) is 0 Å². The molecule has 0 aliphatic rings. The van der Waals surface area contributed by atoms with E-state index >= 15 is 0 Å². The SMILES string of the molecule is CCc1ccc(S)c(-c2ccccc2)c1. The Morgan fingerprint density at radius 3 is 2.40 bits per heavy atom. The molecule has 0 bridgehead atoms. The Balaban J connectivity index is 2.52. The summed E-state index contributed by atoms with van der Waals surface area (Å²) in [4.78, 5) is 1.04. The molecule has 15 heavy (non-hydrogen) atoms. The summed E-state index contributed by atoms with van der Waals surface area (Å²) < 4.78 is 0. The number of thiol groups is 1. The first-order valence-electron chi connectivity index (χ1n) is 5.18. The molecule has 0 aromatic heterocycles. The van der Waals surface area contributed by atoms with Crippen molar-refractivity contribution in [1.82, 2.24) is 0 Å². The van der Waals surface area contributed by atoms with E-state index in [2.05, 4.69) is 62.0 Å². The number of rotatable bonds is 2. The number of benzene rings is 2. The molecule has 2 aromatic rings. The molecule has 0 spiro atoms. The summed E-state index contributed by atoms with van der Waals surface area (Å²) in [6.07, 6.45) is 1.06. The monoisotopic (exact) mass is 214 g/mol. The molecule has 0 N–H and O–H groups in total. The molecule has 1 heteroatoms. The third kappa shape index (κ3) is 2.24. The maximum Gasteiger partial charge on any atom is 0.0119 e. The summed E-state index contributed by atoms with van der Waals surface area (Å²) in [7, 11) is 0. The van der Waals surface area contributed by atoms with Crippen LogP contribution in [-0.2, 0) is 6.42 Å². The zero-order valence-electron chi connectivity index (χ0n) is 8.77. The molecule has 0 saturated carbocycles. The second-order valence-electron chi connectivity index (χ2n) is 3.57. The Morgan fingerprint density at radius 2 is 1.73 bits per heavy atom. The van der Waals surface area contributed by atoms with Gasteiger partial charge in [-0.3, -0.25) is 0 Å². The van der Waals surface area contributed by atoms with Gasteiger partial charge in [-0.25, -0.2) is 0 Å². The molecule has 0 heterocycles. The van der Waals surface area contributed by atoms with E-state index in [1.165, 1.54) is 16.7 Å². The lowest BCUT2D eigenvalue weighted by molar-refractivity contribution is 1.13. The van der Waals surface area contributed by atoms with Crippen LogP contribution < -0.4 is 0 Å². The molecule has 2 aromatic carbocycles. The van der Waals surface area contributed by atoms with Crippen LogP contribution in [0.15, 0.2) is 53.4 Å². The van der Waals surface area contributed by atoms with Crippen molar-refractivity contribution in [2.75, 3.05) is 0 Å². The summed E-state index contributed by atoms with van der Waals surface area (Å²) in [6, 6.07) is 16.8. The van der Waals surface area contributed by atoms with Gasteiger partial charge >= 0.3 is 0 Å². The van der Waals surface area contributed by atoms with Gasteiger partial charge in [-0.1, -0.05) is 49.4 Å². The molecule has 76 valence electrons. The van der Waals surface area contributed by atoms with Gasteiger partial charge in [-0.05, 0) is 29.2 Å². The highest BCUT2D eigenvalue weighted by atomic mass is 32.1. The van der Waals surface area contributed by atoms with Gasteiger partial charge in [-0.15, -0.1) is 12.6 Å². The highest BCUT2D eigenvalue weighted by molar-refractivity contribution is 7.80. The van der Waals surface area contributed by atoms with E-state index in [4.69, 9.17) is 0 Å². The zero-order valence-corrected chi connectivity index (χ0v) is 9.67. The molecule has 0 aliphatic carbocycles. The van der Waals surface area contributed by atoms with Crippen LogP contribution in [0.1, 0.15) is 12.5 Å². The summed E-state index contributed by atoms with van der Waals surface area (Å²) in [5.41, 5.74) is 3.81. The van der Waals surface area contributed by atoms with Crippen LogP contribution in [0.25, 0.3) is 11.1 Å². The smallest absolute Gasteiger partial charge is 0.0119 e. The summed E-state index contributed by atoms with van der Waals surface area (Å²) in [5, 5.41) is 0. The van der Waals surface area contributed by atoms with E-state index in [1.54, 1.807) is 0 Å². The van der Waals surface area contributed by atoms with Crippen molar-refractivity contribution in [3.05, 3.63) is 54.1 Å². The summed E-state index contributed by atoms with van der Waals surface area (Å²) >= 11 is 4.50. The van der Waals surface area contributed by atoms with Crippen LogP contribution >= 0.6 is 12.6 Å². The first-order chi connectivity index (χ1) is 7.31. The Labute approximate surface area is 96.4 Å². The molecule has 0 saturated heterocycles. The van der Waals surface area contributed by atoms with Gasteiger partial charge in [0.25, 0.3) is 0 Å². The van der Waals surface area contributed by atoms with E-state index in [9.17, 15) is 0 Å². The van der Waals surface area contributed by atoms with Gasteiger partial charge in [0.1, 0.15) is 0 Å². The molecule has 2 rings (SSSR count). The van der Waals surface area contributed by atoms with Gasteiger partial charge in [0, 0.05) is 4.90 Å². The fraction of sp³-hybridized carbons (Fsp3) is 0.143. The molecule has 0 amide bonds. The molecule has 0 aliphatic heterocycles. The summed E-state index contributed by atoms with van der Waals surface area (Å²) in [5.74, 6) is 0. The van der Waals surface area contributed by atoms with Crippen molar-refractivity contribution in [2.24, 2.45) is 0 Å². The van der Waals surface area contributed by atoms with Crippen LogP contribution in [0.2, 0.25) is 0 Å². The predicted molar refractivity (Wildman–Crippen MR) is 68.5 cm³/mol. The number of hydrogen-bond acceptors (Lipinski definition) is 1. The van der Waals surface area contributed by atoms with Crippen molar-refractivity contribution in [3.63, 3.8) is 0 Å². The Kier molecular flexibility index (Phi) is 3.12. The van der Waals surface area contributed by atoms with Crippen LogP contribution in [0.3, 0.4) is 0 Å². The predicted octanol–water partition coefficient (Wildman–Crippen LogP) is 4.20. The first kappa shape index (κ1) is 10.3. The lowest BCUT2D eigenvalue weighted by atomic mass is 10.0. The minimum atomic E-state index is 1.04. The van der Waals surface area contributed by atoms with Crippen LogP contribution in [0.5, 0.6) is 0 Å². The molecule has 0 atom stereocenters. The van der Waals surface area contributed by atoms with E-state index in [0.29, 0.717) is 0 Å². The molecular formula is C14H14S. The third-order valence-corrected chi connectivity index (χ3v) is 2.94. The van der Waals surface area contributed by atoms with Gasteiger partial charge in [0.05, 0.1) is 0 Å². The highest BCUT2D eigenvalue weighted by Gasteiger charge is 2.02. The Hall–Kier alpha value is -1.21. The Morgan fingerprint density at radius 1 is 1.00 bits per heavy atom. The van der Waals surface area contributed by atoms with Crippen LogP contribution in [0.4, 0.5) is 0 Å². The van der Waals surface area contributed by atoms with Crippen molar-refractivity contribution in [3.8, 4) is 11.1 Å². The minimum Gasteiger partial charge on any atom is -0.143 e. The topological polar surface area (TPSA) is 0 Å². The fourth-order valence-corrected chi connectivity index (χ4v) is 1.92. The molecule has 0 nitrogen and oxygen atoms in total. The molecule has 0 unspecified atom stereocenters. The van der Waals surface area contributed by atoms with E-state index in [0.717, 1.165) is 11.3 Å². The fourth-order valence-electron chi connectivity index (χ4n) is 1.65. The average molecular weight is 214 g/mol. The second kappa shape index (κ2) is 4.54. The third-order valence-electron chi connectivity index (χ3n) is 2.55. The zero-order chi connectivity index (χ0) is 10.7. The lowest BCUT2D eigenvalue weighted by Crippen LogP contribution is -1.84. The maximum atomic E-state index is 4.50. The minimum absolute atomic E-state index is 1.04. The molecular weight excluding hydrogens is 200 g/mol. The quantitative estimate of drug-likeness (QED) is 0.711. The highest BCUT2D eigenvalue weighted by Crippen LogP contribution is 2.27. The number of hydrogen-bond donors (Lipinski definition) is 1. The van der Waals surface area contributed by atoms with Crippen molar-refractivity contribution in [1.29, 1.82) is 0 Å². The van der Waals surface area contributed by atoms with Gasteiger partial charge in [0.2, 0.25) is 0 Å². The standard InChI is InChI=1S/C14H14S/c1-2-11-8-9-14(15)13(10-11)12-6-4-3-5-7-12/h3-10,15H,2H2,1H3. The normalized spacial score (nSPS) is 10.3. The number of aryl methyl sites for hydroxylation is 1. The van der Waals surface area contributed by atoms with Gasteiger partial charge < -0.3 is 0 Å². The second-order valence-corrected chi connectivity index (χ2v) is 4.05. The van der Waals surface area contributed by atoms with Gasteiger partial charge in [0.15, 0.2) is 0 Å². The largest absolute Gasteiger partial charge is 0.143 e. The Bertz CT molecular complexity index is 446. The van der Waals surface area contributed by atoms with Crippen LogP contribution in [-0.4, -0.2) is 0 Å². The van der Waals surface area contributed by atoms with Crippen molar-refractivity contribution >= 4 is 12.6 Å². The summed E-state index contributed by atoms with van der Waals surface area (Å²) in [6.45, 7) is 2.17. The van der Waals surface area contributed by atoms with Crippen LogP contribution in [0, 0.1) is 0 Å². The van der Waals surface area contributed by atoms with Crippen molar-refractivity contribution in [2.45, 2.75) is 18.2 Å². The van der Waals surface area contributed by atoms with E-state index < -0.39 is 0 Å². The van der Waals surface area contributed by atoms with E-state index in [-0.39, 0.29) is 0 Å². The molecule has 0 radical (unpaired) electrons. The van der Waals surface area contributed by atoms with Crippen molar-refractivity contribution < 1.29 is 0 Å². The lowest BCUT2D eigenvalue weighted by Gasteiger charge is -2.07. The maximum absolute atomic E-state index is 4.50.